The fraction of sp³-hybridized carbons (Fsp3) is 0.200. The first kappa shape index (κ1) is 7.98. The van der Waals surface area contributed by atoms with Gasteiger partial charge in [0.15, 0.2) is 0 Å². The number of imidazole rings is 1. The zero-order valence-electron chi connectivity index (χ0n) is 7.51. The van der Waals surface area contributed by atoms with Gasteiger partial charge in [-0.15, -0.1) is 0 Å². The highest BCUT2D eigenvalue weighted by atomic mass is 15.0. The van der Waals surface area contributed by atoms with E-state index < -0.39 is 0 Å². The number of nitrogens with zero attached hydrogens (tertiary/aromatic N) is 3. The van der Waals surface area contributed by atoms with Crippen molar-refractivity contribution in [3.8, 4) is 0 Å². The maximum Gasteiger partial charge on any atom is 0.112 e. The summed E-state index contributed by atoms with van der Waals surface area (Å²) in [7, 11) is 2.00. The van der Waals surface area contributed by atoms with Crippen LogP contribution in [0.1, 0.15) is 11.4 Å². The van der Waals surface area contributed by atoms with E-state index in [4.69, 9.17) is 0 Å². The second-order valence-electron chi connectivity index (χ2n) is 2.99. The first-order valence-electron chi connectivity index (χ1n) is 4.21. The molecule has 0 aromatic carbocycles. The van der Waals surface area contributed by atoms with Gasteiger partial charge in [-0.05, 0) is 11.6 Å². The number of rotatable bonds is 2. The average Bonchev–Trinajstić information content (AvgIpc) is 2.54. The highest BCUT2D eigenvalue weighted by molar-refractivity contribution is 5.14. The Hall–Kier alpha value is -1.64. The number of pyridine rings is 1. The highest BCUT2D eigenvalue weighted by Crippen LogP contribution is 2.04. The molecule has 0 bridgehead atoms. The first-order chi connectivity index (χ1) is 6.36. The van der Waals surface area contributed by atoms with E-state index in [9.17, 15) is 0 Å². The lowest BCUT2D eigenvalue weighted by molar-refractivity contribution is 0.820. The third-order valence-corrected chi connectivity index (χ3v) is 2.01. The van der Waals surface area contributed by atoms with Crippen LogP contribution in [0.2, 0.25) is 0 Å². The zero-order chi connectivity index (χ0) is 9.10. The molecule has 0 saturated carbocycles. The largest absolute Gasteiger partial charge is 0.338 e. The van der Waals surface area contributed by atoms with Crippen LogP contribution in [0.25, 0.3) is 0 Å². The Bertz CT molecular complexity index is 378. The van der Waals surface area contributed by atoms with E-state index in [1.54, 1.807) is 6.20 Å². The van der Waals surface area contributed by atoms with Gasteiger partial charge in [0.1, 0.15) is 5.82 Å². The normalized spacial score (nSPS) is 10.2. The molecule has 0 amide bonds. The van der Waals surface area contributed by atoms with Crippen molar-refractivity contribution in [2.45, 2.75) is 6.42 Å². The maximum atomic E-state index is 4.25. The van der Waals surface area contributed by atoms with Crippen molar-refractivity contribution < 1.29 is 0 Å². The zero-order valence-corrected chi connectivity index (χ0v) is 7.51. The SMILES string of the molecule is Cn1ccnc1Cc1cccnc1. The monoisotopic (exact) mass is 173 g/mol. The van der Waals surface area contributed by atoms with Crippen molar-refractivity contribution in [1.29, 1.82) is 0 Å². The Morgan fingerprint density at radius 3 is 2.92 bits per heavy atom. The van der Waals surface area contributed by atoms with Crippen molar-refractivity contribution in [2.24, 2.45) is 7.05 Å². The molecular formula is C10H11N3. The lowest BCUT2D eigenvalue weighted by Crippen LogP contribution is -1.98. The second kappa shape index (κ2) is 3.39. The third kappa shape index (κ3) is 1.75. The van der Waals surface area contributed by atoms with Crippen LogP contribution < -0.4 is 0 Å². The van der Waals surface area contributed by atoms with Gasteiger partial charge in [0.05, 0.1) is 0 Å². The van der Waals surface area contributed by atoms with Crippen LogP contribution in [0.4, 0.5) is 0 Å². The average molecular weight is 173 g/mol. The smallest absolute Gasteiger partial charge is 0.112 e. The number of hydrogen-bond donors (Lipinski definition) is 0. The van der Waals surface area contributed by atoms with Crippen molar-refractivity contribution in [2.75, 3.05) is 0 Å². The minimum absolute atomic E-state index is 0.845. The van der Waals surface area contributed by atoms with E-state index in [0.717, 1.165) is 12.2 Å². The molecule has 0 atom stereocenters. The van der Waals surface area contributed by atoms with E-state index in [1.807, 2.05) is 36.3 Å². The van der Waals surface area contributed by atoms with Gasteiger partial charge < -0.3 is 4.57 Å². The predicted molar refractivity (Wildman–Crippen MR) is 50.3 cm³/mol. The standard InChI is InChI=1S/C10H11N3/c1-13-6-5-12-10(13)7-9-3-2-4-11-8-9/h2-6,8H,7H2,1H3. The van der Waals surface area contributed by atoms with Crippen molar-refractivity contribution in [1.82, 2.24) is 14.5 Å². The molecule has 0 saturated heterocycles. The molecule has 66 valence electrons. The van der Waals surface area contributed by atoms with Crippen molar-refractivity contribution >= 4 is 0 Å². The van der Waals surface area contributed by atoms with Crippen LogP contribution in [0, 0.1) is 0 Å². The number of aryl methyl sites for hydroxylation is 1. The van der Waals surface area contributed by atoms with E-state index in [1.165, 1.54) is 5.56 Å². The Kier molecular flexibility index (Phi) is 2.08. The van der Waals surface area contributed by atoms with Gasteiger partial charge >= 0.3 is 0 Å². The topological polar surface area (TPSA) is 30.7 Å². The molecule has 0 unspecified atom stereocenters. The molecule has 0 aliphatic rings. The van der Waals surface area contributed by atoms with Crippen LogP contribution in [-0.2, 0) is 13.5 Å². The molecule has 0 aliphatic carbocycles. The quantitative estimate of drug-likeness (QED) is 0.687. The first-order valence-corrected chi connectivity index (χ1v) is 4.21. The number of aromatic nitrogens is 3. The van der Waals surface area contributed by atoms with Crippen molar-refractivity contribution in [3.05, 3.63) is 48.3 Å². The molecule has 0 radical (unpaired) electrons. The molecule has 0 spiro atoms. The fourth-order valence-corrected chi connectivity index (χ4v) is 1.25. The molecule has 13 heavy (non-hydrogen) atoms. The summed E-state index contributed by atoms with van der Waals surface area (Å²) in [4.78, 5) is 8.30. The second-order valence-corrected chi connectivity index (χ2v) is 2.99. The van der Waals surface area contributed by atoms with Gasteiger partial charge in [0, 0.05) is 38.3 Å². The van der Waals surface area contributed by atoms with Crippen LogP contribution in [0.15, 0.2) is 36.9 Å². The Morgan fingerprint density at radius 2 is 2.31 bits per heavy atom. The summed E-state index contributed by atoms with van der Waals surface area (Å²) in [5.74, 6) is 1.06. The molecule has 0 fully saturated rings. The van der Waals surface area contributed by atoms with Gasteiger partial charge in [-0.2, -0.15) is 0 Å². The molecule has 3 heteroatoms. The lowest BCUT2D eigenvalue weighted by Gasteiger charge is -2.00. The fourth-order valence-electron chi connectivity index (χ4n) is 1.25. The van der Waals surface area contributed by atoms with E-state index in [2.05, 4.69) is 16.0 Å². The Morgan fingerprint density at radius 1 is 1.38 bits per heavy atom. The molecule has 2 rings (SSSR count). The minimum atomic E-state index is 0.845. The summed E-state index contributed by atoms with van der Waals surface area (Å²) in [6, 6.07) is 4.00. The van der Waals surface area contributed by atoms with Gasteiger partial charge in [-0.3, -0.25) is 4.98 Å². The minimum Gasteiger partial charge on any atom is -0.338 e. The summed E-state index contributed by atoms with van der Waals surface area (Å²) in [6.45, 7) is 0. The lowest BCUT2D eigenvalue weighted by atomic mass is 10.2. The summed E-state index contributed by atoms with van der Waals surface area (Å²) < 4.78 is 2.02. The molecule has 3 nitrogen and oxygen atoms in total. The summed E-state index contributed by atoms with van der Waals surface area (Å²) in [6.07, 6.45) is 8.26. The summed E-state index contributed by atoms with van der Waals surface area (Å²) in [5, 5.41) is 0. The highest BCUT2D eigenvalue weighted by Gasteiger charge is 1.99. The summed E-state index contributed by atoms with van der Waals surface area (Å²) >= 11 is 0. The molecular weight excluding hydrogens is 162 g/mol. The van der Waals surface area contributed by atoms with Crippen LogP contribution >= 0.6 is 0 Å². The van der Waals surface area contributed by atoms with Crippen molar-refractivity contribution in [3.63, 3.8) is 0 Å². The molecule has 2 aromatic rings. The molecule has 0 aliphatic heterocycles. The number of hydrogen-bond acceptors (Lipinski definition) is 2. The summed E-state index contributed by atoms with van der Waals surface area (Å²) in [5.41, 5.74) is 1.19. The van der Waals surface area contributed by atoms with E-state index in [0.29, 0.717) is 0 Å². The molecule has 0 N–H and O–H groups in total. The predicted octanol–water partition coefficient (Wildman–Crippen LogP) is 1.41. The van der Waals surface area contributed by atoms with Gasteiger partial charge in [0.2, 0.25) is 0 Å². The molecule has 2 aromatic heterocycles. The Labute approximate surface area is 77.1 Å². The third-order valence-electron chi connectivity index (χ3n) is 2.01. The Balaban J connectivity index is 2.20. The van der Waals surface area contributed by atoms with Gasteiger partial charge in [-0.25, -0.2) is 4.98 Å². The molecule has 2 heterocycles. The van der Waals surface area contributed by atoms with E-state index >= 15 is 0 Å². The maximum absolute atomic E-state index is 4.25. The van der Waals surface area contributed by atoms with Gasteiger partial charge in [-0.1, -0.05) is 6.07 Å². The van der Waals surface area contributed by atoms with Crippen LogP contribution in [-0.4, -0.2) is 14.5 Å². The van der Waals surface area contributed by atoms with Gasteiger partial charge in [0.25, 0.3) is 0 Å². The van der Waals surface area contributed by atoms with Crippen LogP contribution in [0.3, 0.4) is 0 Å². The van der Waals surface area contributed by atoms with E-state index in [-0.39, 0.29) is 0 Å². The van der Waals surface area contributed by atoms with Crippen LogP contribution in [0.5, 0.6) is 0 Å².